The molecule has 0 saturated heterocycles. The normalized spacial score (nSPS) is 10.4. The highest BCUT2D eigenvalue weighted by atomic mass is 16.5. The van der Waals surface area contributed by atoms with Gasteiger partial charge in [0, 0.05) is 24.5 Å². The summed E-state index contributed by atoms with van der Waals surface area (Å²) in [6.07, 6.45) is 4.36. The lowest BCUT2D eigenvalue weighted by Gasteiger charge is -2.12. The monoisotopic (exact) mass is 386 g/mol. The van der Waals surface area contributed by atoms with Crippen LogP contribution in [-0.4, -0.2) is 44.3 Å². The van der Waals surface area contributed by atoms with Crippen molar-refractivity contribution in [3.05, 3.63) is 47.8 Å². The summed E-state index contributed by atoms with van der Waals surface area (Å²) in [6.45, 7) is 0.300. The molecule has 2 aromatic rings. The highest BCUT2D eigenvalue weighted by Crippen LogP contribution is 2.37. The summed E-state index contributed by atoms with van der Waals surface area (Å²) in [5, 5.41) is 6.49. The number of methoxy groups -OCH3 is 3. The molecule has 148 valence electrons. The maximum Gasteiger partial charge on any atom is 0.249 e. The molecule has 0 bridgehead atoms. The van der Waals surface area contributed by atoms with E-state index in [1.165, 1.54) is 27.5 Å². The fourth-order valence-electron chi connectivity index (χ4n) is 2.31. The Labute approximate surface area is 162 Å². The van der Waals surface area contributed by atoms with E-state index in [1.54, 1.807) is 30.6 Å². The first-order valence-corrected chi connectivity index (χ1v) is 8.35. The molecule has 0 aliphatic carbocycles. The van der Waals surface area contributed by atoms with Gasteiger partial charge in [0.15, 0.2) is 11.5 Å². The lowest BCUT2D eigenvalue weighted by molar-refractivity contribution is -0.129. The Balaban J connectivity index is 1.88. The molecule has 2 N–H and O–H groups in total. The zero-order valence-electron chi connectivity index (χ0n) is 15.9. The molecule has 28 heavy (non-hydrogen) atoms. The van der Waals surface area contributed by atoms with Crippen molar-refractivity contribution < 1.29 is 23.8 Å². The second-order valence-corrected chi connectivity index (χ2v) is 5.57. The first kappa shape index (κ1) is 20.7. The van der Waals surface area contributed by atoms with Gasteiger partial charge in [-0.05, 0) is 23.8 Å². The zero-order valence-corrected chi connectivity index (χ0v) is 15.9. The van der Waals surface area contributed by atoms with E-state index in [0.717, 1.165) is 5.56 Å². The van der Waals surface area contributed by atoms with Crippen LogP contribution in [0.25, 0.3) is 0 Å². The van der Waals surface area contributed by atoms with Gasteiger partial charge in [-0.1, -0.05) is 6.07 Å². The van der Waals surface area contributed by atoms with Gasteiger partial charge in [-0.15, -0.1) is 0 Å². The van der Waals surface area contributed by atoms with E-state index in [-0.39, 0.29) is 6.42 Å². The summed E-state index contributed by atoms with van der Waals surface area (Å²) < 4.78 is 15.7. The number of benzene rings is 1. The molecule has 2 amide bonds. The number of ether oxygens (including phenoxy) is 3. The van der Waals surface area contributed by atoms with Gasteiger partial charge in [0.05, 0.1) is 27.5 Å². The quantitative estimate of drug-likeness (QED) is 0.381. The average molecular weight is 386 g/mol. The second-order valence-electron chi connectivity index (χ2n) is 5.57. The van der Waals surface area contributed by atoms with Crippen LogP contribution >= 0.6 is 0 Å². The Hall–Kier alpha value is -3.62. The molecule has 1 aromatic heterocycles. The Morgan fingerprint density at radius 3 is 2.39 bits per heavy atom. The molecule has 0 aliphatic rings. The lowest BCUT2D eigenvalue weighted by atomic mass is 10.2. The number of carbonyl (C=O) groups excluding carboxylic acids is 2. The van der Waals surface area contributed by atoms with Crippen LogP contribution in [-0.2, 0) is 16.1 Å². The number of pyridine rings is 1. The molecule has 1 heterocycles. The Morgan fingerprint density at radius 1 is 1.11 bits per heavy atom. The van der Waals surface area contributed by atoms with Crippen molar-refractivity contribution in [1.29, 1.82) is 0 Å². The fourth-order valence-corrected chi connectivity index (χ4v) is 2.31. The molecule has 0 fully saturated rings. The number of aromatic nitrogens is 1. The van der Waals surface area contributed by atoms with E-state index < -0.39 is 11.8 Å². The average Bonchev–Trinajstić information content (AvgIpc) is 2.72. The van der Waals surface area contributed by atoms with Gasteiger partial charge in [-0.25, -0.2) is 5.43 Å². The van der Waals surface area contributed by atoms with Crippen LogP contribution in [0.3, 0.4) is 0 Å². The molecular weight excluding hydrogens is 364 g/mol. The highest BCUT2D eigenvalue weighted by molar-refractivity contribution is 5.97. The predicted octanol–water partition coefficient (Wildman–Crippen LogP) is 1.26. The second kappa shape index (κ2) is 10.5. The summed E-state index contributed by atoms with van der Waals surface area (Å²) >= 11 is 0. The van der Waals surface area contributed by atoms with Gasteiger partial charge >= 0.3 is 0 Å². The van der Waals surface area contributed by atoms with Gasteiger partial charge < -0.3 is 19.5 Å². The molecule has 9 heteroatoms. The smallest absolute Gasteiger partial charge is 0.249 e. The first-order chi connectivity index (χ1) is 13.6. The number of nitrogens with zero attached hydrogens (tertiary/aromatic N) is 2. The number of hydrogen-bond donors (Lipinski definition) is 2. The third-order valence-electron chi connectivity index (χ3n) is 3.62. The first-order valence-electron chi connectivity index (χ1n) is 8.35. The SMILES string of the molecule is COc1cc(C=NNC(=O)CC(=O)NCc2cccnc2)cc(OC)c1OC. The number of amides is 2. The van der Waals surface area contributed by atoms with E-state index in [1.807, 2.05) is 6.07 Å². The van der Waals surface area contributed by atoms with Crippen molar-refractivity contribution in [2.24, 2.45) is 5.10 Å². The van der Waals surface area contributed by atoms with E-state index in [0.29, 0.717) is 29.4 Å². The van der Waals surface area contributed by atoms with Gasteiger partial charge in [0.2, 0.25) is 17.6 Å². The topological polar surface area (TPSA) is 111 Å². The van der Waals surface area contributed by atoms with Crippen LogP contribution in [0.4, 0.5) is 0 Å². The van der Waals surface area contributed by atoms with Crippen molar-refractivity contribution in [1.82, 2.24) is 15.7 Å². The lowest BCUT2D eigenvalue weighted by Crippen LogP contribution is -2.29. The van der Waals surface area contributed by atoms with Gasteiger partial charge in [-0.2, -0.15) is 5.10 Å². The molecular formula is C19H22N4O5. The number of hydrazone groups is 1. The zero-order chi connectivity index (χ0) is 20.4. The van der Waals surface area contributed by atoms with Crippen LogP contribution in [0, 0.1) is 0 Å². The van der Waals surface area contributed by atoms with Crippen molar-refractivity contribution in [3.8, 4) is 17.2 Å². The summed E-state index contributed by atoms with van der Waals surface area (Å²) in [5.74, 6) is 0.432. The van der Waals surface area contributed by atoms with E-state index in [2.05, 4.69) is 20.8 Å². The van der Waals surface area contributed by atoms with E-state index in [4.69, 9.17) is 14.2 Å². The van der Waals surface area contributed by atoms with E-state index >= 15 is 0 Å². The largest absolute Gasteiger partial charge is 0.493 e. The summed E-state index contributed by atoms with van der Waals surface area (Å²) in [4.78, 5) is 27.6. The molecule has 1 aromatic carbocycles. The molecule has 9 nitrogen and oxygen atoms in total. The van der Waals surface area contributed by atoms with Crippen LogP contribution in [0.1, 0.15) is 17.5 Å². The molecule has 0 aliphatic heterocycles. The molecule has 0 saturated carbocycles. The van der Waals surface area contributed by atoms with Gasteiger partial charge in [-0.3, -0.25) is 14.6 Å². The van der Waals surface area contributed by atoms with Crippen molar-refractivity contribution >= 4 is 18.0 Å². The van der Waals surface area contributed by atoms with Crippen LogP contribution in [0.5, 0.6) is 17.2 Å². The van der Waals surface area contributed by atoms with Crippen LogP contribution in [0.15, 0.2) is 41.8 Å². The minimum absolute atomic E-state index is 0.300. The summed E-state index contributed by atoms with van der Waals surface area (Å²) in [7, 11) is 4.52. The maximum absolute atomic E-state index is 11.8. The predicted molar refractivity (Wildman–Crippen MR) is 103 cm³/mol. The molecule has 0 atom stereocenters. The Bertz CT molecular complexity index is 814. The molecule has 0 spiro atoms. The number of carbonyl (C=O) groups is 2. The van der Waals surface area contributed by atoms with Gasteiger partial charge in [0.25, 0.3) is 0 Å². The molecule has 0 radical (unpaired) electrons. The van der Waals surface area contributed by atoms with Crippen LogP contribution in [0.2, 0.25) is 0 Å². The molecule has 2 rings (SSSR count). The fraction of sp³-hybridized carbons (Fsp3) is 0.263. The highest BCUT2D eigenvalue weighted by Gasteiger charge is 2.12. The number of rotatable bonds is 9. The molecule has 0 unspecified atom stereocenters. The number of hydrogen-bond acceptors (Lipinski definition) is 7. The van der Waals surface area contributed by atoms with Crippen molar-refractivity contribution in [3.63, 3.8) is 0 Å². The standard InChI is InChI=1S/C19H22N4O5/c1-26-15-7-14(8-16(27-2)19(15)28-3)12-22-23-18(25)9-17(24)21-11-13-5-4-6-20-10-13/h4-8,10,12H,9,11H2,1-3H3,(H,21,24)(H,23,25). The summed E-state index contributed by atoms with van der Waals surface area (Å²) in [6, 6.07) is 6.95. The minimum Gasteiger partial charge on any atom is -0.493 e. The van der Waals surface area contributed by atoms with Gasteiger partial charge in [0.1, 0.15) is 6.42 Å². The van der Waals surface area contributed by atoms with Crippen molar-refractivity contribution in [2.45, 2.75) is 13.0 Å². The van der Waals surface area contributed by atoms with E-state index in [9.17, 15) is 9.59 Å². The third kappa shape index (κ3) is 5.97. The Kier molecular flexibility index (Phi) is 7.77. The Morgan fingerprint density at radius 2 is 1.82 bits per heavy atom. The summed E-state index contributed by atoms with van der Waals surface area (Å²) in [5.41, 5.74) is 3.77. The minimum atomic E-state index is -0.535. The maximum atomic E-state index is 11.8. The third-order valence-corrected chi connectivity index (χ3v) is 3.62. The van der Waals surface area contributed by atoms with Crippen LogP contribution < -0.4 is 25.0 Å². The van der Waals surface area contributed by atoms with Crippen molar-refractivity contribution in [2.75, 3.05) is 21.3 Å². The number of nitrogens with one attached hydrogen (secondary N) is 2.